The number of carbonyl (C=O) groups excluding carboxylic acids is 1. The van der Waals surface area contributed by atoms with E-state index in [9.17, 15) is 9.59 Å². The highest BCUT2D eigenvalue weighted by molar-refractivity contribution is 5.83. The third-order valence-corrected chi connectivity index (χ3v) is 3.51. The van der Waals surface area contributed by atoms with E-state index in [-0.39, 0.29) is 30.8 Å². The van der Waals surface area contributed by atoms with E-state index in [0.717, 1.165) is 6.42 Å². The van der Waals surface area contributed by atoms with Crippen LogP contribution in [0.1, 0.15) is 46.5 Å². The van der Waals surface area contributed by atoms with Crippen LogP contribution < -0.4 is 11.1 Å². The lowest BCUT2D eigenvalue weighted by Crippen LogP contribution is -2.41. The zero-order chi connectivity index (χ0) is 15.8. The summed E-state index contributed by atoms with van der Waals surface area (Å²) in [4.78, 5) is 22.7. The van der Waals surface area contributed by atoms with Crippen LogP contribution >= 0.6 is 0 Å². The molecule has 0 heterocycles. The summed E-state index contributed by atoms with van der Waals surface area (Å²) >= 11 is 0. The Labute approximate surface area is 120 Å². The topological polar surface area (TPSA) is 113 Å². The Morgan fingerprint density at radius 2 is 1.80 bits per heavy atom. The van der Waals surface area contributed by atoms with Gasteiger partial charge >= 0.3 is 5.97 Å². The molecule has 0 aliphatic carbocycles. The first kappa shape index (κ1) is 18.9. The summed E-state index contributed by atoms with van der Waals surface area (Å²) in [5.74, 6) is -1.10. The summed E-state index contributed by atoms with van der Waals surface area (Å²) in [6.07, 6.45) is 1.82. The highest BCUT2D eigenvalue weighted by Gasteiger charge is 2.25. The summed E-state index contributed by atoms with van der Waals surface area (Å²) in [7, 11) is 0. The Kier molecular flexibility index (Phi) is 8.41. The average Bonchev–Trinajstić information content (AvgIpc) is 2.32. The molecule has 0 saturated heterocycles. The van der Waals surface area contributed by atoms with Crippen molar-refractivity contribution >= 4 is 11.9 Å². The fraction of sp³-hybridized carbons (Fsp3) is 0.857. The number of aliphatic hydroxyl groups is 1. The number of rotatable bonds is 9. The maximum atomic E-state index is 11.8. The molecular weight excluding hydrogens is 260 g/mol. The maximum Gasteiger partial charge on any atom is 0.326 e. The van der Waals surface area contributed by atoms with E-state index in [1.807, 2.05) is 0 Å². The molecule has 6 heteroatoms. The van der Waals surface area contributed by atoms with Gasteiger partial charge in [-0.1, -0.05) is 20.8 Å². The summed E-state index contributed by atoms with van der Waals surface area (Å²) in [6.45, 7) is 6.63. The molecule has 0 fully saturated rings. The van der Waals surface area contributed by atoms with Crippen molar-refractivity contribution in [2.75, 3.05) is 13.2 Å². The van der Waals surface area contributed by atoms with Crippen LogP contribution in [0.5, 0.6) is 0 Å². The van der Waals surface area contributed by atoms with Gasteiger partial charge in [0.15, 0.2) is 0 Å². The molecular formula is C14H28N2O4. The molecule has 2 atom stereocenters. The molecule has 0 rings (SSSR count). The lowest BCUT2D eigenvalue weighted by molar-refractivity contribution is -0.142. The number of carboxylic acids is 1. The van der Waals surface area contributed by atoms with Gasteiger partial charge < -0.3 is 21.3 Å². The Hall–Kier alpha value is -1.14. The first-order chi connectivity index (χ1) is 9.22. The molecule has 0 spiro atoms. The van der Waals surface area contributed by atoms with Crippen LogP contribution in [0.15, 0.2) is 0 Å². The van der Waals surface area contributed by atoms with Crippen molar-refractivity contribution in [3.05, 3.63) is 0 Å². The van der Waals surface area contributed by atoms with Gasteiger partial charge in [-0.15, -0.1) is 0 Å². The van der Waals surface area contributed by atoms with Crippen molar-refractivity contribution in [2.45, 2.75) is 52.5 Å². The number of nitrogens with two attached hydrogens (primary N) is 1. The van der Waals surface area contributed by atoms with E-state index in [2.05, 4.69) is 26.1 Å². The lowest BCUT2D eigenvalue weighted by atomic mass is 9.76. The van der Waals surface area contributed by atoms with Gasteiger partial charge in [-0.2, -0.15) is 0 Å². The second kappa shape index (κ2) is 8.92. The van der Waals surface area contributed by atoms with Gasteiger partial charge in [-0.25, -0.2) is 4.79 Å². The van der Waals surface area contributed by atoms with Gasteiger partial charge in [0.05, 0.1) is 0 Å². The smallest absolute Gasteiger partial charge is 0.326 e. The maximum absolute atomic E-state index is 11.8. The minimum absolute atomic E-state index is 0.0204. The first-order valence-corrected chi connectivity index (χ1v) is 7.05. The van der Waals surface area contributed by atoms with Crippen molar-refractivity contribution < 1.29 is 19.8 Å². The van der Waals surface area contributed by atoms with Crippen LogP contribution in [0.2, 0.25) is 0 Å². The van der Waals surface area contributed by atoms with Crippen molar-refractivity contribution in [3.63, 3.8) is 0 Å². The SMILES string of the molecule is CC(C)(C)C(CCN)CCC(=O)N[C@@H](CCO)C(=O)O. The molecule has 6 nitrogen and oxygen atoms in total. The van der Waals surface area contributed by atoms with Crippen LogP contribution in [-0.2, 0) is 9.59 Å². The highest BCUT2D eigenvalue weighted by Crippen LogP contribution is 2.31. The molecule has 5 N–H and O–H groups in total. The normalized spacial score (nSPS) is 14.7. The predicted molar refractivity (Wildman–Crippen MR) is 77.1 cm³/mol. The Bertz CT molecular complexity index is 313. The van der Waals surface area contributed by atoms with E-state index in [1.165, 1.54) is 0 Å². The number of carbonyl (C=O) groups is 2. The molecule has 0 aromatic carbocycles. The fourth-order valence-corrected chi connectivity index (χ4v) is 2.17. The van der Waals surface area contributed by atoms with Crippen molar-refractivity contribution in [1.82, 2.24) is 5.32 Å². The van der Waals surface area contributed by atoms with Crippen molar-refractivity contribution in [1.29, 1.82) is 0 Å². The predicted octanol–water partition coefficient (Wildman–Crippen LogP) is 0.730. The van der Waals surface area contributed by atoms with Gasteiger partial charge in [0, 0.05) is 19.4 Å². The van der Waals surface area contributed by atoms with E-state index < -0.39 is 12.0 Å². The van der Waals surface area contributed by atoms with Gasteiger partial charge in [0.25, 0.3) is 0 Å². The fourth-order valence-electron chi connectivity index (χ4n) is 2.17. The monoisotopic (exact) mass is 288 g/mol. The van der Waals surface area contributed by atoms with Crippen molar-refractivity contribution in [3.8, 4) is 0 Å². The minimum atomic E-state index is -1.12. The second-order valence-electron chi connectivity index (χ2n) is 6.15. The second-order valence-corrected chi connectivity index (χ2v) is 6.15. The van der Waals surface area contributed by atoms with Gasteiger partial charge in [-0.3, -0.25) is 4.79 Å². The number of aliphatic hydroxyl groups excluding tert-OH is 1. The van der Waals surface area contributed by atoms with Crippen LogP contribution in [0, 0.1) is 11.3 Å². The molecule has 0 bridgehead atoms. The van der Waals surface area contributed by atoms with E-state index >= 15 is 0 Å². The molecule has 118 valence electrons. The summed E-state index contributed by atoms with van der Waals surface area (Å²) in [5.41, 5.74) is 5.65. The molecule has 1 amide bonds. The van der Waals surface area contributed by atoms with Gasteiger partial charge in [-0.05, 0) is 30.7 Å². The van der Waals surface area contributed by atoms with Crippen molar-refractivity contribution in [2.24, 2.45) is 17.1 Å². The van der Waals surface area contributed by atoms with Gasteiger partial charge in [0.2, 0.25) is 5.91 Å². The lowest BCUT2D eigenvalue weighted by Gasteiger charge is -2.30. The molecule has 0 radical (unpaired) electrons. The minimum Gasteiger partial charge on any atom is -0.480 e. The molecule has 0 saturated carbocycles. The Morgan fingerprint density at radius 1 is 1.20 bits per heavy atom. The molecule has 1 unspecified atom stereocenters. The number of carboxylic acid groups (broad SMARTS) is 1. The number of nitrogens with one attached hydrogen (secondary N) is 1. The molecule has 20 heavy (non-hydrogen) atoms. The number of amides is 1. The third kappa shape index (κ3) is 7.45. The van der Waals surface area contributed by atoms with Crippen LogP contribution in [-0.4, -0.2) is 41.3 Å². The summed E-state index contributed by atoms with van der Waals surface area (Å²) < 4.78 is 0. The third-order valence-electron chi connectivity index (χ3n) is 3.51. The summed E-state index contributed by atoms with van der Waals surface area (Å²) in [5, 5.41) is 20.1. The quantitative estimate of drug-likeness (QED) is 0.499. The highest BCUT2D eigenvalue weighted by atomic mass is 16.4. The van der Waals surface area contributed by atoms with E-state index in [4.69, 9.17) is 15.9 Å². The number of hydrogen-bond acceptors (Lipinski definition) is 4. The molecule has 0 aliphatic heterocycles. The van der Waals surface area contributed by atoms with E-state index in [1.54, 1.807) is 0 Å². The summed E-state index contributed by atoms with van der Waals surface area (Å²) in [6, 6.07) is -1.02. The molecule has 0 aromatic heterocycles. The molecule has 0 aromatic rings. The first-order valence-electron chi connectivity index (χ1n) is 7.05. The van der Waals surface area contributed by atoms with Crippen LogP contribution in [0.4, 0.5) is 0 Å². The Morgan fingerprint density at radius 3 is 2.20 bits per heavy atom. The van der Waals surface area contributed by atoms with Crippen LogP contribution in [0.25, 0.3) is 0 Å². The molecule has 0 aliphatic rings. The average molecular weight is 288 g/mol. The standard InChI is InChI=1S/C14H28N2O4/c1-14(2,3)10(6-8-15)4-5-12(18)16-11(7-9-17)13(19)20/h10-11,17H,4-9,15H2,1-3H3,(H,16,18)(H,19,20)/t10?,11-/m0/s1. The zero-order valence-corrected chi connectivity index (χ0v) is 12.7. The van der Waals surface area contributed by atoms with E-state index in [0.29, 0.717) is 18.9 Å². The van der Waals surface area contributed by atoms with Gasteiger partial charge in [0.1, 0.15) is 6.04 Å². The Balaban J connectivity index is 4.34. The largest absolute Gasteiger partial charge is 0.480 e. The zero-order valence-electron chi connectivity index (χ0n) is 12.7. The number of hydrogen-bond donors (Lipinski definition) is 4. The number of aliphatic carboxylic acids is 1. The van der Waals surface area contributed by atoms with Crippen LogP contribution in [0.3, 0.4) is 0 Å².